The van der Waals surface area contributed by atoms with Gasteiger partial charge in [-0.15, -0.1) is 0 Å². The first-order valence-electron chi connectivity index (χ1n) is 20.0. The number of phenols is 2. The highest BCUT2D eigenvalue weighted by atomic mass is 16.4. The van der Waals surface area contributed by atoms with Crippen molar-refractivity contribution in [3.8, 4) is 11.5 Å². The summed E-state index contributed by atoms with van der Waals surface area (Å²) in [4.78, 5) is 28.5. The molecule has 4 aromatic carbocycles. The van der Waals surface area contributed by atoms with E-state index in [9.17, 15) is 30.0 Å². The summed E-state index contributed by atoms with van der Waals surface area (Å²) >= 11 is 0. The lowest BCUT2D eigenvalue weighted by molar-refractivity contribution is 0.0682. The highest BCUT2D eigenvalue weighted by molar-refractivity contribution is 6.02. The molecule has 0 saturated heterocycles. The molecule has 8 heteroatoms. The maximum absolute atomic E-state index is 11.6. The van der Waals surface area contributed by atoms with E-state index in [1.54, 1.807) is 48.5 Å². The lowest BCUT2D eigenvalue weighted by Crippen LogP contribution is -2.25. The fourth-order valence-electron chi connectivity index (χ4n) is 7.04. The summed E-state index contributed by atoms with van der Waals surface area (Å²) in [6.07, 6.45) is 16.8. The number of fused-ring (bicyclic) bond motifs is 2. The number of nitrogens with zero attached hydrogens (tertiary/aromatic N) is 2. The van der Waals surface area contributed by atoms with Crippen LogP contribution in [0.5, 0.6) is 11.5 Å². The highest BCUT2D eigenvalue weighted by Gasteiger charge is 2.22. The summed E-state index contributed by atoms with van der Waals surface area (Å²) in [6, 6.07) is 16.8. The molecule has 290 valence electrons. The van der Waals surface area contributed by atoms with Gasteiger partial charge < -0.3 is 30.2 Å². The summed E-state index contributed by atoms with van der Waals surface area (Å²) in [5.41, 5.74) is 0.112. The van der Waals surface area contributed by atoms with Crippen molar-refractivity contribution in [1.29, 1.82) is 0 Å². The van der Waals surface area contributed by atoms with Gasteiger partial charge >= 0.3 is 11.9 Å². The number of carbonyl (C=O) groups is 2. The lowest BCUT2D eigenvalue weighted by Gasteiger charge is -2.20. The molecule has 0 bridgehead atoms. The SMILES string of the molecule is CCCCN(CC)CCCCCCCCCCN(CC)CCCC.O=C(O)c1cc2ccccc2c(Cc2c(O)c(C(=O)O)cc3ccccc23)c1O. The van der Waals surface area contributed by atoms with Crippen molar-refractivity contribution in [2.45, 2.75) is 111 Å². The molecule has 0 aliphatic carbocycles. The molecular weight excluding hydrogens is 665 g/mol. The van der Waals surface area contributed by atoms with Gasteiger partial charge in [-0.1, -0.05) is 128 Å². The average Bonchev–Trinajstić information content (AvgIpc) is 3.16. The van der Waals surface area contributed by atoms with E-state index in [1.165, 1.54) is 128 Å². The van der Waals surface area contributed by atoms with Gasteiger partial charge in [0.1, 0.15) is 22.6 Å². The number of benzene rings is 4. The number of aromatic hydroxyl groups is 2. The molecular formula is C45H64N2O6. The monoisotopic (exact) mass is 728 g/mol. The Morgan fingerprint density at radius 1 is 0.509 bits per heavy atom. The maximum atomic E-state index is 11.6. The summed E-state index contributed by atoms with van der Waals surface area (Å²) < 4.78 is 0. The van der Waals surface area contributed by atoms with Gasteiger partial charge in [0.15, 0.2) is 0 Å². The number of hydrogen-bond acceptors (Lipinski definition) is 6. The number of rotatable bonds is 23. The Kier molecular flexibility index (Phi) is 19.2. The molecule has 8 nitrogen and oxygen atoms in total. The van der Waals surface area contributed by atoms with E-state index < -0.39 is 23.4 Å². The summed E-state index contributed by atoms with van der Waals surface area (Å²) in [7, 11) is 0. The van der Waals surface area contributed by atoms with Crippen LogP contribution in [-0.2, 0) is 6.42 Å². The van der Waals surface area contributed by atoms with Crippen molar-refractivity contribution in [2.24, 2.45) is 0 Å². The minimum absolute atomic E-state index is 0.0407. The Hall–Kier alpha value is -4.14. The minimum atomic E-state index is -1.28. The lowest BCUT2D eigenvalue weighted by atomic mass is 9.90. The number of carboxylic acid groups (broad SMARTS) is 2. The zero-order valence-electron chi connectivity index (χ0n) is 32.7. The van der Waals surface area contributed by atoms with Gasteiger partial charge in [0.25, 0.3) is 0 Å². The standard InChI is InChI=1S/C23H16O6.C22H48N2/c24-20-16(14-7-3-1-5-12(14)9-18(20)22(26)27)11-17-15-8-4-2-6-13(15)10-19(21(17)25)23(28)29;1-5-9-19-23(7-3)21-17-15-13-11-12-14-16-18-22-24(8-4)20-10-6-2/h1-10,24-25H,11H2,(H,26,27)(H,28,29);5-22H2,1-4H3. The van der Waals surface area contributed by atoms with Crippen molar-refractivity contribution in [3.05, 3.63) is 82.9 Å². The molecule has 0 fully saturated rings. The smallest absolute Gasteiger partial charge is 0.339 e. The maximum Gasteiger partial charge on any atom is 0.339 e. The molecule has 0 saturated carbocycles. The van der Waals surface area contributed by atoms with Gasteiger partial charge in [-0.3, -0.25) is 0 Å². The van der Waals surface area contributed by atoms with Gasteiger partial charge in [0, 0.05) is 17.5 Å². The number of unbranched alkanes of at least 4 members (excludes halogenated alkanes) is 9. The molecule has 4 N–H and O–H groups in total. The normalized spacial score (nSPS) is 11.4. The van der Waals surface area contributed by atoms with E-state index in [1.807, 2.05) is 0 Å². The number of aromatic carboxylic acids is 2. The van der Waals surface area contributed by atoms with Crippen LogP contribution >= 0.6 is 0 Å². The van der Waals surface area contributed by atoms with E-state index in [0.717, 1.165) is 0 Å². The average molecular weight is 729 g/mol. The highest BCUT2D eigenvalue weighted by Crippen LogP contribution is 2.38. The third-order valence-electron chi connectivity index (χ3n) is 10.3. The molecule has 0 atom stereocenters. The van der Waals surface area contributed by atoms with E-state index in [4.69, 9.17) is 0 Å². The summed E-state index contributed by atoms with van der Waals surface area (Å²) in [6.45, 7) is 16.9. The largest absolute Gasteiger partial charge is 0.507 e. The van der Waals surface area contributed by atoms with Gasteiger partial charge in [0.05, 0.1) is 0 Å². The number of carboxylic acids is 2. The van der Waals surface area contributed by atoms with Crippen molar-refractivity contribution in [1.82, 2.24) is 9.80 Å². The fraction of sp³-hybridized carbons (Fsp3) is 0.511. The van der Waals surface area contributed by atoms with Crippen LogP contribution in [0.4, 0.5) is 0 Å². The molecule has 53 heavy (non-hydrogen) atoms. The third kappa shape index (κ3) is 13.3. The van der Waals surface area contributed by atoms with Crippen LogP contribution in [0, 0.1) is 0 Å². The molecule has 0 aliphatic rings. The Balaban J connectivity index is 0.000000292. The van der Waals surface area contributed by atoms with Crippen molar-refractivity contribution in [2.75, 3.05) is 39.3 Å². The molecule has 4 aromatic rings. The van der Waals surface area contributed by atoms with E-state index in [2.05, 4.69) is 37.5 Å². The molecule has 0 amide bonds. The second kappa shape index (κ2) is 23.5. The molecule has 0 spiro atoms. The van der Waals surface area contributed by atoms with Crippen LogP contribution in [0.3, 0.4) is 0 Å². The first-order valence-corrected chi connectivity index (χ1v) is 20.0. The summed E-state index contributed by atoms with van der Waals surface area (Å²) in [5, 5.41) is 42.8. The van der Waals surface area contributed by atoms with Crippen LogP contribution in [0.25, 0.3) is 21.5 Å². The Bertz CT molecular complexity index is 1600. The van der Waals surface area contributed by atoms with Gasteiger partial charge in [0.2, 0.25) is 0 Å². The van der Waals surface area contributed by atoms with Gasteiger partial charge in [-0.25, -0.2) is 9.59 Å². The van der Waals surface area contributed by atoms with E-state index in [-0.39, 0.29) is 17.5 Å². The third-order valence-corrected chi connectivity index (χ3v) is 10.3. The molecule has 0 aromatic heterocycles. The molecule has 0 radical (unpaired) electrons. The van der Waals surface area contributed by atoms with Crippen LogP contribution in [0.15, 0.2) is 60.7 Å². The van der Waals surface area contributed by atoms with Crippen molar-refractivity contribution < 1.29 is 30.0 Å². The van der Waals surface area contributed by atoms with Crippen molar-refractivity contribution >= 4 is 33.5 Å². The molecule has 4 rings (SSSR count). The number of hydrogen-bond donors (Lipinski definition) is 4. The second-order valence-corrected chi connectivity index (χ2v) is 14.1. The second-order valence-electron chi connectivity index (χ2n) is 14.1. The van der Waals surface area contributed by atoms with Crippen LogP contribution in [0.2, 0.25) is 0 Å². The predicted octanol–water partition coefficient (Wildman–Crippen LogP) is 10.7. The zero-order chi connectivity index (χ0) is 38.6. The Morgan fingerprint density at radius 2 is 0.849 bits per heavy atom. The topological polar surface area (TPSA) is 122 Å². The van der Waals surface area contributed by atoms with E-state index >= 15 is 0 Å². The fourth-order valence-corrected chi connectivity index (χ4v) is 7.04. The van der Waals surface area contributed by atoms with Crippen LogP contribution in [0.1, 0.15) is 137 Å². The first-order chi connectivity index (χ1) is 25.7. The zero-order valence-corrected chi connectivity index (χ0v) is 32.7. The van der Waals surface area contributed by atoms with E-state index in [0.29, 0.717) is 32.7 Å². The Labute approximate surface area is 317 Å². The van der Waals surface area contributed by atoms with Gasteiger partial charge in [-0.2, -0.15) is 0 Å². The molecule has 0 unspecified atom stereocenters. The van der Waals surface area contributed by atoms with Crippen LogP contribution in [-0.4, -0.2) is 81.4 Å². The molecule has 0 heterocycles. The Morgan fingerprint density at radius 3 is 1.19 bits per heavy atom. The van der Waals surface area contributed by atoms with Crippen molar-refractivity contribution in [3.63, 3.8) is 0 Å². The predicted molar refractivity (Wildman–Crippen MR) is 219 cm³/mol. The summed E-state index contributed by atoms with van der Waals surface area (Å²) in [5.74, 6) is -3.36. The van der Waals surface area contributed by atoms with Gasteiger partial charge in [-0.05, 0) is 98.6 Å². The minimum Gasteiger partial charge on any atom is -0.507 e. The van der Waals surface area contributed by atoms with Crippen LogP contribution < -0.4 is 0 Å². The quantitative estimate of drug-likeness (QED) is 0.0557. The first kappa shape index (κ1) is 43.3. The molecule has 0 aliphatic heterocycles.